The molecule has 0 saturated carbocycles. The first kappa shape index (κ1) is 25.7. The van der Waals surface area contributed by atoms with E-state index in [0.717, 1.165) is 74.6 Å². The highest BCUT2D eigenvalue weighted by atomic mass is 127. The molecular formula is C22H35IN6OS. The van der Waals surface area contributed by atoms with Crippen LogP contribution in [0.25, 0.3) is 0 Å². The van der Waals surface area contributed by atoms with Gasteiger partial charge in [-0.1, -0.05) is 0 Å². The zero-order valence-corrected chi connectivity index (χ0v) is 22.1. The van der Waals surface area contributed by atoms with Gasteiger partial charge in [0, 0.05) is 50.3 Å². The summed E-state index contributed by atoms with van der Waals surface area (Å²) in [5.41, 5.74) is 2.38. The minimum absolute atomic E-state index is 0. The highest BCUT2D eigenvalue weighted by Gasteiger charge is 2.16. The maximum atomic E-state index is 5.25. The van der Waals surface area contributed by atoms with E-state index in [1.165, 1.54) is 10.6 Å². The molecule has 1 saturated heterocycles. The molecule has 1 fully saturated rings. The second-order valence-corrected chi connectivity index (χ2v) is 8.76. The first-order chi connectivity index (χ1) is 14.6. The van der Waals surface area contributed by atoms with Crippen molar-refractivity contribution in [3.63, 3.8) is 0 Å². The zero-order valence-electron chi connectivity index (χ0n) is 19.0. The topological polar surface area (TPSA) is 65.0 Å². The van der Waals surface area contributed by atoms with Crippen molar-refractivity contribution in [3.8, 4) is 5.75 Å². The minimum atomic E-state index is 0. The van der Waals surface area contributed by atoms with Gasteiger partial charge in [0.2, 0.25) is 0 Å². The number of nitrogens with zero attached hydrogens (tertiary/aromatic N) is 4. The average molecular weight is 559 g/mol. The van der Waals surface area contributed by atoms with E-state index in [1.807, 2.05) is 26.1 Å². The van der Waals surface area contributed by atoms with Gasteiger partial charge in [0.05, 0.1) is 24.4 Å². The molecule has 7 nitrogen and oxygen atoms in total. The van der Waals surface area contributed by atoms with Crippen LogP contribution in [0.5, 0.6) is 5.75 Å². The first-order valence-corrected chi connectivity index (χ1v) is 11.4. The molecule has 3 rings (SSSR count). The van der Waals surface area contributed by atoms with E-state index in [1.54, 1.807) is 18.4 Å². The lowest BCUT2D eigenvalue weighted by atomic mass is 10.2. The van der Waals surface area contributed by atoms with Crippen LogP contribution in [-0.4, -0.2) is 69.3 Å². The Bertz CT molecular complexity index is 818. The van der Waals surface area contributed by atoms with Crippen LogP contribution in [0.2, 0.25) is 0 Å². The number of methoxy groups -OCH3 is 1. The largest absolute Gasteiger partial charge is 0.497 e. The second-order valence-electron chi connectivity index (χ2n) is 7.47. The molecule has 31 heavy (non-hydrogen) atoms. The summed E-state index contributed by atoms with van der Waals surface area (Å²) in [6.45, 7) is 11.2. The molecular weight excluding hydrogens is 523 g/mol. The Balaban J connectivity index is 0.00000341. The van der Waals surface area contributed by atoms with Crippen LogP contribution in [-0.2, 0) is 6.54 Å². The number of halogens is 1. The molecule has 0 spiro atoms. The van der Waals surface area contributed by atoms with E-state index < -0.39 is 0 Å². The van der Waals surface area contributed by atoms with Crippen LogP contribution in [0.1, 0.15) is 22.0 Å². The summed E-state index contributed by atoms with van der Waals surface area (Å²) >= 11 is 1.74. The molecule has 0 radical (unpaired) electrons. The Hall–Kier alpha value is -1.59. The van der Waals surface area contributed by atoms with Crippen molar-refractivity contribution in [2.24, 2.45) is 4.99 Å². The fraction of sp³-hybridized carbons (Fsp3) is 0.545. The molecule has 1 aliphatic rings. The molecule has 1 aliphatic heterocycles. The van der Waals surface area contributed by atoms with Gasteiger partial charge in [-0.15, -0.1) is 35.3 Å². The number of aliphatic imine (C=N–C) groups is 1. The SMILES string of the molecule is CN=C(NCCCN1CCN(c2ccc(OC)cc2)CC1)NCc1sc(C)nc1C.I. The quantitative estimate of drug-likeness (QED) is 0.225. The number of rotatable bonds is 8. The van der Waals surface area contributed by atoms with Crippen molar-refractivity contribution >= 4 is 47.0 Å². The lowest BCUT2D eigenvalue weighted by molar-refractivity contribution is 0.255. The van der Waals surface area contributed by atoms with E-state index in [2.05, 4.69) is 49.5 Å². The molecule has 1 aromatic heterocycles. The Morgan fingerprint density at radius 1 is 1.13 bits per heavy atom. The van der Waals surface area contributed by atoms with Crippen molar-refractivity contribution in [2.45, 2.75) is 26.8 Å². The molecule has 0 amide bonds. The number of aromatic nitrogens is 1. The zero-order chi connectivity index (χ0) is 21.3. The number of ether oxygens (including phenoxy) is 1. The number of aryl methyl sites for hydroxylation is 2. The van der Waals surface area contributed by atoms with Crippen molar-refractivity contribution in [1.82, 2.24) is 20.5 Å². The molecule has 0 aliphatic carbocycles. The predicted octanol–water partition coefficient (Wildman–Crippen LogP) is 3.26. The Morgan fingerprint density at radius 3 is 2.42 bits per heavy atom. The summed E-state index contributed by atoms with van der Waals surface area (Å²) < 4.78 is 5.25. The third kappa shape index (κ3) is 7.80. The molecule has 172 valence electrons. The van der Waals surface area contributed by atoms with Gasteiger partial charge < -0.3 is 20.3 Å². The van der Waals surface area contributed by atoms with Crippen LogP contribution in [0.3, 0.4) is 0 Å². The standard InChI is InChI=1S/C22H34N6OS.HI/c1-17-21(30-18(2)26-17)16-25-22(23-3)24-10-5-11-27-12-14-28(15-13-27)19-6-8-20(29-4)9-7-19;/h6-9H,5,10-16H2,1-4H3,(H2,23,24,25);1H. The Labute approximate surface area is 207 Å². The van der Waals surface area contributed by atoms with Gasteiger partial charge in [-0.2, -0.15) is 0 Å². The number of guanidine groups is 1. The summed E-state index contributed by atoms with van der Waals surface area (Å²) in [6, 6.07) is 8.36. The second kappa shape index (κ2) is 13.1. The molecule has 9 heteroatoms. The molecule has 0 unspecified atom stereocenters. The van der Waals surface area contributed by atoms with Crippen LogP contribution in [0, 0.1) is 13.8 Å². The molecule has 2 heterocycles. The lowest BCUT2D eigenvalue weighted by Gasteiger charge is -2.36. The molecule has 0 bridgehead atoms. The third-order valence-electron chi connectivity index (χ3n) is 5.39. The smallest absolute Gasteiger partial charge is 0.191 e. The summed E-state index contributed by atoms with van der Waals surface area (Å²) in [4.78, 5) is 15.1. The maximum Gasteiger partial charge on any atom is 0.191 e. The highest BCUT2D eigenvalue weighted by molar-refractivity contribution is 14.0. The number of anilines is 1. The van der Waals surface area contributed by atoms with Gasteiger partial charge in [0.25, 0.3) is 0 Å². The van der Waals surface area contributed by atoms with E-state index in [0.29, 0.717) is 0 Å². The van der Waals surface area contributed by atoms with Crippen molar-refractivity contribution in [2.75, 3.05) is 58.3 Å². The first-order valence-electron chi connectivity index (χ1n) is 10.6. The van der Waals surface area contributed by atoms with E-state index in [9.17, 15) is 0 Å². The third-order valence-corrected chi connectivity index (χ3v) is 6.47. The fourth-order valence-corrected chi connectivity index (χ4v) is 4.53. The number of hydrogen-bond acceptors (Lipinski definition) is 6. The Morgan fingerprint density at radius 2 is 1.84 bits per heavy atom. The van der Waals surface area contributed by atoms with Gasteiger partial charge in [0.15, 0.2) is 5.96 Å². The van der Waals surface area contributed by atoms with E-state index in [-0.39, 0.29) is 24.0 Å². The number of nitrogens with one attached hydrogen (secondary N) is 2. The Kier molecular flexibility index (Phi) is 10.8. The highest BCUT2D eigenvalue weighted by Crippen LogP contribution is 2.20. The summed E-state index contributed by atoms with van der Waals surface area (Å²) in [6.07, 6.45) is 1.10. The van der Waals surface area contributed by atoms with Gasteiger partial charge in [-0.25, -0.2) is 4.98 Å². The summed E-state index contributed by atoms with van der Waals surface area (Å²) in [5.74, 6) is 1.76. The monoisotopic (exact) mass is 558 g/mol. The molecule has 1 aromatic carbocycles. The van der Waals surface area contributed by atoms with Crippen LogP contribution < -0.4 is 20.3 Å². The van der Waals surface area contributed by atoms with Gasteiger partial charge in [0.1, 0.15) is 5.75 Å². The van der Waals surface area contributed by atoms with Crippen molar-refractivity contribution < 1.29 is 4.74 Å². The van der Waals surface area contributed by atoms with Crippen LogP contribution >= 0.6 is 35.3 Å². The fourth-order valence-electron chi connectivity index (χ4n) is 3.65. The summed E-state index contributed by atoms with van der Waals surface area (Å²) in [5, 5.41) is 7.93. The number of thiazole rings is 1. The lowest BCUT2D eigenvalue weighted by Crippen LogP contribution is -2.47. The van der Waals surface area contributed by atoms with Gasteiger partial charge >= 0.3 is 0 Å². The number of hydrogen-bond donors (Lipinski definition) is 2. The summed E-state index contributed by atoms with van der Waals surface area (Å²) in [7, 11) is 3.52. The van der Waals surface area contributed by atoms with Crippen molar-refractivity contribution in [3.05, 3.63) is 39.8 Å². The predicted molar refractivity (Wildman–Crippen MR) is 141 cm³/mol. The van der Waals surface area contributed by atoms with Gasteiger partial charge in [-0.05, 0) is 51.1 Å². The minimum Gasteiger partial charge on any atom is -0.497 e. The number of piperazine rings is 1. The normalized spacial score (nSPS) is 14.8. The van der Waals surface area contributed by atoms with E-state index in [4.69, 9.17) is 4.74 Å². The van der Waals surface area contributed by atoms with Crippen molar-refractivity contribution in [1.29, 1.82) is 0 Å². The van der Waals surface area contributed by atoms with Crippen LogP contribution in [0.4, 0.5) is 5.69 Å². The van der Waals surface area contributed by atoms with Gasteiger partial charge in [-0.3, -0.25) is 9.89 Å². The molecule has 2 aromatic rings. The maximum absolute atomic E-state index is 5.25. The van der Waals surface area contributed by atoms with Crippen LogP contribution in [0.15, 0.2) is 29.3 Å². The van der Waals surface area contributed by atoms with E-state index >= 15 is 0 Å². The molecule has 2 N–H and O–H groups in total. The average Bonchev–Trinajstić information content (AvgIpc) is 3.10. The number of benzene rings is 1. The molecule has 0 atom stereocenters.